The number of aryl methyl sites for hydroxylation is 1. The number of hydrogen-bond acceptors (Lipinski definition) is 5. The van der Waals surface area contributed by atoms with Crippen molar-refractivity contribution in [3.05, 3.63) is 41.1 Å². The molecule has 2 aromatic heterocycles. The number of rotatable bonds is 3. The van der Waals surface area contributed by atoms with E-state index in [9.17, 15) is 0 Å². The monoisotopic (exact) mass is 252 g/mol. The molecule has 0 amide bonds. The predicted octanol–water partition coefficient (Wildman–Crippen LogP) is 1.04. The first-order chi connectivity index (χ1) is 9.21. The maximum Gasteiger partial charge on any atom is 0.177 e. The summed E-state index contributed by atoms with van der Waals surface area (Å²) in [5.74, 6) is 0.616. The zero-order chi connectivity index (χ0) is 13.8. The van der Waals surface area contributed by atoms with Crippen LogP contribution >= 0.6 is 0 Å². The lowest BCUT2D eigenvalue weighted by atomic mass is 10.2. The number of aromatic nitrogens is 3. The van der Waals surface area contributed by atoms with Crippen LogP contribution in [0.15, 0.2) is 18.6 Å². The molecular weight excluding hydrogens is 240 g/mol. The summed E-state index contributed by atoms with van der Waals surface area (Å²) in [5.41, 5.74) is 2.30. The van der Waals surface area contributed by atoms with Crippen molar-refractivity contribution in [2.24, 2.45) is 0 Å². The SMILES string of the molecule is CNCc1cnc(-n2cnc(C#N)c2C#N)c(C)c1. The Morgan fingerprint density at radius 1 is 1.32 bits per heavy atom. The Kier molecular flexibility index (Phi) is 3.56. The molecule has 2 heterocycles. The normalized spacial score (nSPS) is 9.89. The average molecular weight is 252 g/mol. The molecule has 0 bridgehead atoms. The summed E-state index contributed by atoms with van der Waals surface area (Å²) in [6.45, 7) is 2.64. The molecule has 94 valence electrons. The topological polar surface area (TPSA) is 90.3 Å². The van der Waals surface area contributed by atoms with Gasteiger partial charge in [-0.3, -0.25) is 4.57 Å². The fraction of sp³-hybridized carbons (Fsp3) is 0.231. The van der Waals surface area contributed by atoms with Gasteiger partial charge in [-0.15, -0.1) is 0 Å². The number of nitrogens with zero attached hydrogens (tertiary/aromatic N) is 5. The summed E-state index contributed by atoms with van der Waals surface area (Å²) in [6, 6.07) is 5.87. The van der Waals surface area contributed by atoms with Crippen molar-refractivity contribution in [3.63, 3.8) is 0 Å². The van der Waals surface area contributed by atoms with Gasteiger partial charge in [0.2, 0.25) is 0 Å². The smallest absolute Gasteiger partial charge is 0.177 e. The van der Waals surface area contributed by atoms with E-state index in [-0.39, 0.29) is 11.4 Å². The van der Waals surface area contributed by atoms with Crippen LogP contribution in [-0.4, -0.2) is 21.6 Å². The zero-order valence-electron chi connectivity index (χ0n) is 10.7. The lowest BCUT2D eigenvalue weighted by Gasteiger charge is -2.08. The van der Waals surface area contributed by atoms with Gasteiger partial charge in [-0.25, -0.2) is 9.97 Å². The molecule has 0 radical (unpaired) electrons. The third-order valence-corrected chi connectivity index (χ3v) is 2.70. The molecule has 2 aromatic rings. The van der Waals surface area contributed by atoms with E-state index in [0.29, 0.717) is 5.82 Å². The van der Waals surface area contributed by atoms with Crippen LogP contribution in [0.5, 0.6) is 0 Å². The number of nitriles is 2. The van der Waals surface area contributed by atoms with Crippen LogP contribution in [0.2, 0.25) is 0 Å². The molecular formula is C13H12N6. The first-order valence-electron chi connectivity index (χ1n) is 5.69. The summed E-state index contributed by atoms with van der Waals surface area (Å²) in [7, 11) is 1.87. The molecule has 0 unspecified atom stereocenters. The first-order valence-corrected chi connectivity index (χ1v) is 5.69. The highest BCUT2D eigenvalue weighted by Crippen LogP contribution is 2.16. The van der Waals surface area contributed by atoms with E-state index in [0.717, 1.165) is 17.7 Å². The number of pyridine rings is 1. The molecule has 0 aromatic carbocycles. The molecule has 0 saturated carbocycles. The molecule has 0 aliphatic rings. The Morgan fingerprint density at radius 3 is 2.68 bits per heavy atom. The quantitative estimate of drug-likeness (QED) is 0.881. The zero-order valence-corrected chi connectivity index (χ0v) is 10.7. The van der Waals surface area contributed by atoms with E-state index in [1.54, 1.807) is 6.20 Å². The minimum atomic E-state index is 0.114. The third kappa shape index (κ3) is 2.30. The van der Waals surface area contributed by atoms with Crippen molar-refractivity contribution >= 4 is 0 Å². The highest BCUT2D eigenvalue weighted by atomic mass is 15.1. The molecule has 2 rings (SSSR count). The Balaban J connectivity index is 2.52. The van der Waals surface area contributed by atoms with Crippen molar-refractivity contribution in [2.75, 3.05) is 7.05 Å². The molecule has 0 aliphatic heterocycles. The minimum Gasteiger partial charge on any atom is -0.316 e. The molecule has 0 fully saturated rings. The third-order valence-electron chi connectivity index (χ3n) is 2.70. The van der Waals surface area contributed by atoms with Gasteiger partial charge >= 0.3 is 0 Å². The van der Waals surface area contributed by atoms with E-state index in [4.69, 9.17) is 10.5 Å². The summed E-state index contributed by atoms with van der Waals surface area (Å²) >= 11 is 0. The average Bonchev–Trinajstić information content (AvgIpc) is 2.82. The molecule has 6 heteroatoms. The van der Waals surface area contributed by atoms with E-state index in [2.05, 4.69) is 15.3 Å². The first kappa shape index (κ1) is 12.7. The van der Waals surface area contributed by atoms with Crippen molar-refractivity contribution in [3.8, 4) is 18.0 Å². The standard InChI is InChI=1S/C13H12N6/c1-9-3-10(6-16-2)7-17-13(9)19-8-18-11(4-14)12(19)5-15/h3,7-8,16H,6H2,1-2H3. The molecule has 6 nitrogen and oxygen atoms in total. The van der Waals surface area contributed by atoms with Crippen LogP contribution in [0.1, 0.15) is 22.5 Å². The lowest BCUT2D eigenvalue weighted by Crippen LogP contribution is -2.08. The predicted molar refractivity (Wildman–Crippen MR) is 68.3 cm³/mol. The Labute approximate surface area is 111 Å². The van der Waals surface area contributed by atoms with Gasteiger partial charge < -0.3 is 5.32 Å². The van der Waals surface area contributed by atoms with E-state index >= 15 is 0 Å². The number of nitrogens with one attached hydrogen (secondary N) is 1. The Bertz CT molecular complexity index is 686. The van der Waals surface area contributed by atoms with Crippen LogP contribution < -0.4 is 5.32 Å². The number of imidazole rings is 1. The van der Waals surface area contributed by atoms with E-state index < -0.39 is 0 Å². The molecule has 0 aliphatic carbocycles. The Morgan fingerprint density at radius 2 is 2.11 bits per heavy atom. The second kappa shape index (κ2) is 5.30. The van der Waals surface area contributed by atoms with Crippen LogP contribution in [0.25, 0.3) is 5.82 Å². The van der Waals surface area contributed by atoms with Gasteiger partial charge in [0.25, 0.3) is 0 Å². The van der Waals surface area contributed by atoms with Gasteiger partial charge in [0.15, 0.2) is 11.4 Å². The van der Waals surface area contributed by atoms with E-state index in [1.807, 2.05) is 32.2 Å². The highest BCUT2D eigenvalue weighted by molar-refractivity contribution is 5.44. The van der Waals surface area contributed by atoms with E-state index in [1.165, 1.54) is 10.9 Å². The second-order valence-electron chi connectivity index (χ2n) is 4.05. The molecule has 0 atom stereocenters. The van der Waals surface area contributed by atoms with Crippen LogP contribution in [-0.2, 0) is 6.54 Å². The second-order valence-corrected chi connectivity index (χ2v) is 4.05. The van der Waals surface area contributed by atoms with Gasteiger partial charge in [-0.05, 0) is 31.2 Å². The highest BCUT2D eigenvalue weighted by Gasteiger charge is 2.14. The molecule has 0 spiro atoms. The summed E-state index contributed by atoms with van der Waals surface area (Å²) in [6.07, 6.45) is 3.19. The largest absolute Gasteiger partial charge is 0.316 e. The van der Waals surface area contributed by atoms with Gasteiger partial charge in [-0.1, -0.05) is 0 Å². The summed E-state index contributed by atoms with van der Waals surface area (Å²) < 4.78 is 1.54. The van der Waals surface area contributed by atoms with Crippen LogP contribution in [0, 0.1) is 29.6 Å². The Hall–Kier alpha value is -2.70. The number of hydrogen-bond donors (Lipinski definition) is 1. The van der Waals surface area contributed by atoms with Gasteiger partial charge in [0, 0.05) is 12.7 Å². The maximum absolute atomic E-state index is 9.11. The van der Waals surface area contributed by atoms with Crippen LogP contribution in [0.3, 0.4) is 0 Å². The van der Waals surface area contributed by atoms with Crippen molar-refractivity contribution < 1.29 is 0 Å². The summed E-state index contributed by atoms with van der Waals surface area (Å²) in [4.78, 5) is 8.25. The van der Waals surface area contributed by atoms with Crippen LogP contribution in [0.4, 0.5) is 0 Å². The minimum absolute atomic E-state index is 0.114. The lowest BCUT2D eigenvalue weighted by molar-refractivity contribution is 0.808. The summed E-state index contributed by atoms with van der Waals surface area (Å²) in [5, 5.41) is 21.0. The molecule has 19 heavy (non-hydrogen) atoms. The van der Waals surface area contributed by atoms with Crippen molar-refractivity contribution in [1.29, 1.82) is 10.5 Å². The van der Waals surface area contributed by atoms with Crippen molar-refractivity contribution in [1.82, 2.24) is 19.9 Å². The fourth-order valence-corrected chi connectivity index (χ4v) is 1.88. The van der Waals surface area contributed by atoms with Gasteiger partial charge in [-0.2, -0.15) is 10.5 Å². The van der Waals surface area contributed by atoms with Gasteiger partial charge in [0.05, 0.1) is 0 Å². The van der Waals surface area contributed by atoms with Gasteiger partial charge in [0.1, 0.15) is 24.3 Å². The molecule has 1 N–H and O–H groups in total. The van der Waals surface area contributed by atoms with Crippen molar-refractivity contribution in [2.45, 2.75) is 13.5 Å². The fourth-order valence-electron chi connectivity index (χ4n) is 1.88. The maximum atomic E-state index is 9.11. The molecule has 0 saturated heterocycles.